The molecule has 0 aliphatic carbocycles. The van der Waals surface area contributed by atoms with Crippen LogP contribution in [0.1, 0.15) is 17.9 Å². The fourth-order valence-electron chi connectivity index (χ4n) is 1.33. The van der Waals surface area contributed by atoms with Crippen molar-refractivity contribution in [2.24, 2.45) is 0 Å². The molecule has 4 nitrogen and oxygen atoms in total. The fraction of sp³-hybridized carbons (Fsp3) is 0.556. The molecule has 1 aliphatic rings. The van der Waals surface area contributed by atoms with Crippen molar-refractivity contribution in [1.82, 2.24) is 10.1 Å². The Bertz CT molecular complexity index is 315. The number of nitrogens with zero attached hydrogens (tertiary/aromatic N) is 2. The van der Waals surface area contributed by atoms with Crippen LogP contribution in [0.2, 0.25) is 0 Å². The minimum absolute atomic E-state index is 0.152. The van der Waals surface area contributed by atoms with Crippen molar-refractivity contribution in [3.05, 3.63) is 17.5 Å². The molecule has 0 unspecified atom stereocenters. The highest BCUT2D eigenvalue weighted by Gasteiger charge is 2.20. The lowest BCUT2D eigenvalue weighted by atomic mass is 10.2. The number of hydrogen-bond acceptors (Lipinski definition) is 3. The van der Waals surface area contributed by atoms with Crippen LogP contribution in [0, 0.1) is 6.92 Å². The summed E-state index contributed by atoms with van der Waals surface area (Å²) in [6.45, 7) is 3.62. The van der Waals surface area contributed by atoms with E-state index in [2.05, 4.69) is 5.16 Å². The van der Waals surface area contributed by atoms with Gasteiger partial charge in [-0.25, -0.2) is 0 Å². The van der Waals surface area contributed by atoms with Crippen LogP contribution in [-0.4, -0.2) is 29.1 Å². The third-order valence-corrected chi connectivity index (χ3v) is 2.22. The van der Waals surface area contributed by atoms with E-state index in [4.69, 9.17) is 4.52 Å². The number of likely N-dealkylation sites (tertiary alicyclic amines) is 1. The van der Waals surface area contributed by atoms with E-state index in [1.54, 1.807) is 6.07 Å². The van der Waals surface area contributed by atoms with E-state index in [1.807, 2.05) is 11.8 Å². The van der Waals surface area contributed by atoms with Crippen molar-refractivity contribution in [3.63, 3.8) is 0 Å². The Morgan fingerprint density at radius 3 is 2.92 bits per heavy atom. The average molecular weight is 180 g/mol. The lowest BCUT2D eigenvalue weighted by Gasteiger charge is -2.30. The number of carbonyl (C=O) groups is 1. The number of amides is 1. The zero-order valence-electron chi connectivity index (χ0n) is 7.62. The van der Waals surface area contributed by atoms with Gasteiger partial charge in [0.1, 0.15) is 5.76 Å². The molecule has 1 saturated heterocycles. The van der Waals surface area contributed by atoms with Gasteiger partial charge in [0.25, 0.3) is 0 Å². The van der Waals surface area contributed by atoms with Gasteiger partial charge >= 0.3 is 0 Å². The van der Waals surface area contributed by atoms with Crippen LogP contribution in [0.5, 0.6) is 0 Å². The lowest BCUT2D eigenvalue weighted by Crippen LogP contribution is -2.42. The van der Waals surface area contributed by atoms with Crippen molar-refractivity contribution in [3.8, 4) is 0 Å². The van der Waals surface area contributed by atoms with E-state index in [0.717, 1.165) is 31.0 Å². The van der Waals surface area contributed by atoms with Gasteiger partial charge in [0.05, 0.1) is 12.1 Å². The molecule has 2 heterocycles. The quantitative estimate of drug-likeness (QED) is 0.675. The SMILES string of the molecule is Cc1cc(CC(=O)N2CCC2)no1. The molecular formula is C9H12N2O2. The molecule has 0 bridgehead atoms. The molecule has 0 saturated carbocycles. The van der Waals surface area contributed by atoms with E-state index in [9.17, 15) is 4.79 Å². The van der Waals surface area contributed by atoms with Gasteiger partial charge in [-0.15, -0.1) is 0 Å². The second-order valence-corrected chi connectivity index (χ2v) is 3.34. The van der Waals surface area contributed by atoms with Crippen molar-refractivity contribution in [2.45, 2.75) is 19.8 Å². The largest absolute Gasteiger partial charge is 0.361 e. The van der Waals surface area contributed by atoms with Crippen LogP contribution in [0.3, 0.4) is 0 Å². The summed E-state index contributed by atoms with van der Waals surface area (Å²) in [5.74, 6) is 0.908. The third-order valence-electron chi connectivity index (χ3n) is 2.22. The highest BCUT2D eigenvalue weighted by Crippen LogP contribution is 2.09. The first kappa shape index (κ1) is 8.29. The van der Waals surface area contributed by atoms with Crippen molar-refractivity contribution in [1.29, 1.82) is 0 Å². The van der Waals surface area contributed by atoms with Gasteiger partial charge in [-0.05, 0) is 13.3 Å². The molecule has 1 aromatic rings. The summed E-state index contributed by atoms with van der Waals surface area (Å²) in [4.78, 5) is 13.3. The number of aryl methyl sites for hydroxylation is 1. The Kier molecular flexibility index (Phi) is 2.04. The van der Waals surface area contributed by atoms with Gasteiger partial charge in [0.15, 0.2) is 0 Å². The zero-order chi connectivity index (χ0) is 9.26. The maximum Gasteiger partial charge on any atom is 0.228 e. The van der Waals surface area contributed by atoms with E-state index < -0.39 is 0 Å². The highest BCUT2D eigenvalue weighted by molar-refractivity contribution is 5.78. The van der Waals surface area contributed by atoms with Gasteiger partial charge in [-0.1, -0.05) is 5.16 Å². The summed E-state index contributed by atoms with van der Waals surface area (Å²) in [5, 5.41) is 3.77. The maximum absolute atomic E-state index is 11.4. The van der Waals surface area contributed by atoms with Gasteiger partial charge in [-0.3, -0.25) is 4.79 Å². The van der Waals surface area contributed by atoms with Crippen LogP contribution in [0.15, 0.2) is 10.6 Å². The van der Waals surface area contributed by atoms with Crippen LogP contribution in [0.25, 0.3) is 0 Å². The van der Waals surface area contributed by atoms with E-state index in [0.29, 0.717) is 6.42 Å². The predicted octanol–water partition coefficient (Wildman–Crippen LogP) is 0.758. The Morgan fingerprint density at radius 1 is 1.69 bits per heavy atom. The average Bonchev–Trinajstić information content (AvgIpc) is 2.31. The van der Waals surface area contributed by atoms with Crippen LogP contribution in [0.4, 0.5) is 0 Å². The van der Waals surface area contributed by atoms with Crippen molar-refractivity contribution in [2.75, 3.05) is 13.1 Å². The molecule has 1 amide bonds. The minimum Gasteiger partial charge on any atom is -0.361 e. The third kappa shape index (κ3) is 1.71. The molecule has 1 fully saturated rings. The molecule has 1 aliphatic heterocycles. The van der Waals surface area contributed by atoms with Crippen LogP contribution in [-0.2, 0) is 11.2 Å². The molecule has 13 heavy (non-hydrogen) atoms. The number of rotatable bonds is 2. The normalized spacial score (nSPS) is 15.6. The lowest BCUT2D eigenvalue weighted by molar-refractivity contribution is -0.133. The summed E-state index contributed by atoms with van der Waals surface area (Å²) in [5.41, 5.74) is 0.731. The Hall–Kier alpha value is -1.32. The summed E-state index contributed by atoms with van der Waals surface area (Å²) in [6, 6.07) is 1.80. The molecule has 2 rings (SSSR count). The zero-order valence-corrected chi connectivity index (χ0v) is 7.62. The smallest absolute Gasteiger partial charge is 0.228 e. The van der Waals surface area contributed by atoms with Gasteiger partial charge in [0, 0.05) is 19.2 Å². The van der Waals surface area contributed by atoms with Crippen molar-refractivity contribution < 1.29 is 9.32 Å². The van der Waals surface area contributed by atoms with Gasteiger partial charge < -0.3 is 9.42 Å². The standard InChI is InChI=1S/C9H12N2O2/c1-7-5-8(10-13-7)6-9(12)11-3-2-4-11/h5H,2-4,6H2,1H3. The van der Waals surface area contributed by atoms with E-state index in [1.165, 1.54) is 0 Å². The Labute approximate surface area is 76.5 Å². The van der Waals surface area contributed by atoms with Gasteiger partial charge in [-0.2, -0.15) is 0 Å². The second kappa shape index (κ2) is 3.20. The number of carbonyl (C=O) groups excluding carboxylic acids is 1. The summed E-state index contributed by atoms with van der Waals surface area (Å²) in [6.07, 6.45) is 1.50. The first-order chi connectivity index (χ1) is 6.25. The van der Waals surface area contributed by atoms with Crippen molar-refractivity contribution >= 4 is 5.91 Å². The molecule has 0 spiro atoms. The number of hydrogen-bond donors (Lipinski definition) is 0. The maximum atomic E-state index is 11.4. The fourth-order valence-corrected chi connectivity index (χ4v) is 1.33. The summed E-state index contributed by atoms with van der Waals surface area (Å²) in [7, 11) is 0. The monoisotopic (exact) mass is 180 g/mol. The molecule has 0 atom stereocenters. The van der Waals surface area contributed by atoms with Crippen LogP contribution < -0.4 is 0 Å². The molecular weight excluding hydrogens is 168 g/mol. The Morgan fingerprint density at radius 2 is 2.46 bits per heavy atom. The molecule has 1 aromatic heterocycles. The topological polar surface area (TPSA) is 46.3 Å². The molecule has 0 N–H and O–H groups in total. The molecule has 0 radical (unpaired) electrons. The van der Waals surface area contributed by atoms with E-state index >= 15 is 0 Å². The second-order valence-electron chi connectivity index (χ2n) is 3.34. The molecule has 4 heteroatoms. The highest BCUT2D eigenvalue weighted by atomic mass is 16.5. The predicted molar refractivity (Wildman–Crippen MR) is 46.1 cm³/mol. The first-order valence-corrected chi connectivity index (χ1v) is 4.45. The molecule has 70 valence electrons. The minimum atomic E-state index is 0.152. The summed E-state index contributed by atoms with van der Waals surface area (Å²) >= 11 is 0. The number of aromatic nitrogens is 1. The summed E-state index contributed by atoms with van der Waals surface area (Å²) < 4.78 is 4.88. The molecule has 0 aromatic carbocycles. The van der Waals surface area contributed by atoms with Gasteiger partial charge in [0.2, 0.25) is 5.91 Å². The van der Waals surface area contributed by atoms with E-state index in [-0.39, 0.29) is 5.91 Å². The Balaban J connectivity index is 1.93. The van der Waals surface area contributed by atoms with Crippen LogP contribution >= 0.6 is 0 Å². The first-order valence-electron chi connectivity index (χ1n) is 4.45.